The molecule has 4 rings (SSSR count). The van der Waals surface area contributed by atoms with Crippen molar-refractivity contribution >= 4 is 11.6 Å². The van der Waals surface area contributed by atoms with Gasteiger partial charge >= 0.3 is 0 Å². The first-order valence-electron chi connectivity index (χ1n) is 5.23. The quantitative estimate of drug-likeness (QED) is 0.545. The van der Waals surface area contributed by atoms with Crippen molar-refractivity contribution in [1.82, 2.24) is 0 Å². The minimum absolute atomic E-state index is 0.0137. The molecule has 0 aromatic rings. The average molecular weight is 196 g/mol. The van der Waals surface area contributed by atoms with Gasteiger partial charge in [0.05, 0.1) is 11.5 Å². The van der Waals surface area contributed by atoms with Crippen molar-refractivity contribution in [3.05, 3.63) is 0 Å². The number of rotatable bonds is 0. The Morgan fingerprint density at radius 1 is 1.15 bits per heavy atom. The minimum atomic E-state index is -0.0220. The second kappa shape index (κ2) is 2.23. The van der Waals surface area contributed by atoms with Gasteiger partial charge in [-0.1, -0.05) is 0 Å². The maximum Gasteiger partial charge on any atom is 0.0690 e. The second-order valence-electron chi connectivity index (χ2n) is 5.50. The fourth-order valence-electron chi connectivity index (χ4n) is 4.28. The van der Waals surface area contributed by atoms with Crippen LogP contribution < -0.4 is 0 Å². The van der Waals surface area contributed by atoms with Gasteiger partial charge in [0.2, 0.25) is 0 Å². The number of nitrogens with zero attached hydrogens (tertiary/aromatic N) is 1. The van der Waals surface area contributed by atoms with Gasteiger partial charge in [-0.3, -0.25) is 0 Å². The van der Waals surface area contributed by atoms with E-state index in [1.807, 2.05) is 0 Å². The van der Waals surface area contributed by atoms with E-state index in [9.17, 15) is 5.26 Å². The number of halogens is 1. The van der Waals surface area contributed by atoms with Crippen molar-refractivity contribution in [2.75, 3.05) is 0 Å². The van der Waals surface area contributed by atoms with E-state index in [2.05, 4.69) is 6.07 Å². The van der Waals surface area contributed by atoms with E-state index in [0.29, 0.717) is 0 Å². The second-order valence-corrected chi connectivity index (χ2v) is 6.31. The van der Waals surface area contributed by atoms with Crippen LogP contribution >= 0.6 is 11.6 Å². The zero-order valence-electron chi connectivity index (χ0n) is 7.72. The van der Waals surface area contributed by atoms with Gasteiger partial charge < -0.3 is 0 Å². The molecule has 2 heteroatoms. The van der Waals surface area contributed by atoms with Crippen molar-refractivity contribution in [1.29, 1.82) is 5.26 Å². The van der Waals surface area contributed by atoms with Crippen molar-refractivity contribution in [2.24, 2.45) is 17.3 Å². The third kappa shape index (κ3) is 1.05. The summed E-state index contributed by atoms with van der Waals surface area (Å²) in [5.74, 6) is 1.52. The molecule has 0 amide bonds. The monoisotopic (exact) mass is 195 g/mol. The third-order valence-electron chi connectivity index (χ3n) is 4.23. The molecule has 4 aliphatic rings. The summed E-state index contributed by atoms with van der Waals surface area (Å²) in [6.07, 6.45) is 6.93. The summed E-state index contributed by atoms with van der Waals surface area (Å²) in [6, 6.07) is 2.55. The molecule has 0 aromatic heterocycles. The molecule has 2 unspecified atom stereocenters. The number of hydrogen-bond acceptors (Lipinski definition) is 1. The Balaban J connectivity index is 2.01. The zero-order valence-corrected chi connectivity index (χ0v) is 8.48. The Labute approximate surface area is 84.1 Å². The first-order chi connectivity index (χ1) is 6.13. The van der Waals surface area contributed by atoms with Gasteiger partial charge in [-0.05, 0) is 50.4 Å². The number of hydrogen-bond donors (Lipinski definition) is 0. The third-order valence-corrected chi connectivity index (χ3v) is 4.67. The van der Waals surface area contributed by atoms with Gasteiger partial charge in [0.15, 0.2) is 0 Å². The molecule has 0 radical (unpaired) electrons. The summed E-state index contributed by atoms with van der Waals surface area (Å²) < 4.78 is 0. The van der Waals surface area contributed by atoms with Crippen LogP contribution in [0.25, 0.3) is 0 Å². The highest BCUT2D eigenvalue weighted by Crippen LogP contribution is 2.63. The zero-order chi connectivity index (χ0) is 9.10. The van der Waals surface area contributed by atoms with Crippen LogP contribution in [0.15, 0.2) is 0 Å². The summed E-state index contributed by atoms with van der Waals surface area (Å²) >= 11 is 6.55. The Morgan fingerprint density at radius 3 is 2.23 bits per heavy atom. The van der Waals surface area contributed by atoms with Crippen LogP contribution in [-0.4, -0.2) is 4.87 Å². The normalized spacial score (nSPS) is 57.8. The summed E-state index contributed by atoms with van der Waals surface area (Å²) in [4.78, 5) is 0.0137. The summed E-state index contributed by atoms with van der Waals surface area (Å²) in [5.41, 5.74) is -0.0220. The van der Waals surface area contributed by atoms with Gasteiger partial charge in [-0.2, -0.15) is 5.26 Å². The largest absolute Gasteiger partial charge is 0.198 e. The summed E-state index contributed by atoms with van der Waals surface area (Å²) in [5, 5.41) is 9.24. The van der Waals surface area contributed by atoms with Crippen molar-refractivity contribution < 1.29 is 0 Å². The first kappa shape index (κ1) is 8.12. The molecule has 4 aliphatic carbocycles. The molecule has 4 fully saturated rings. The van der Waals surface area contributed by atoms with Crippen LogP contribution in [0.1, 0.15) is 38.5 Å². The lowest BCUT2D eigenvalue weighted by molar-refractivity contribution is -0.00537. The highest BCUT2D eigenvalue weighted by Gasteiger charge is 2.57. The molecule has 1 nitrogen and oxygen atoms in total. The molecule has 13 heavy (non-hydrogen) atoms. The lowest BCUT2D eigenvalue weighted by Gasteiger charge is -2.57. The van der Waals surface area contributed by atoms with E-state index >= 15 is 0 Å². The van der Waals surface area contributed by atoms with E-state index in [4.69, 9.17) is 11.6 Å². The molecule has 0 aromatic carbocycles. The van der Waals surface area contributed by atoms with E-state index in [1.54, 1.807) is 0 Å². The predicted molar refractivity (Wildman–Crippen MR) is 51.3 cm³/mol. The average Bonchev–Trinajstić information content (AvgIpc) is 1.99. The van der Waals surface area contributed by atoms with Crippen molar-refractivity contribution in [2.45, 2.75) is 43.4 Å². The molecule has 4 atom stereocenters. The lowest BCUT2D eigenvalue weighted by atomic mass is 9.50. The van der Waals surface area contributed by atoms with Crippen LogP contribution in [0.3, 0.4) is 0 Å². The van der Waals surface area contributed by atoms with Gasteiger partial charge in [0.1, 0.15) is 0 Å². The van der Waals surface area contributed by atoms with Crippen LogP contribution in [0, 0.1) is 28.6 Å². The Hall–Kier alpha value is -0.220. The molecule has 0 heterocycles. The standard InChI is InChI=1S/C11H14ClN/c12-11-4-8-1-9(5-11)3-10(2-8,6-11)7-13/h8-9H,1-6H2/t8-,9+,10?,11?. The van der Waals surface area contributed by atoms with E-state index < -0.39 is 0 Å². The molecular formula is C11H14ClN. The molecule has 4 bridgehead atoms. The fourth-order valence-corrected chi connectivity index (χ4v) is 4.97. The molecule has 0 aliphatic heterocycles. The highest BCUT2D eigenvalue weighted by atomic mass is 35.5. The lowest BCUT2D eigenvalue weighted by Crippen LogP contribution is -2.52. The maximum atomic E-state index is 9.24. The molecule has 4 saturated carbocycles. The van der Waals surface area contributed by atoms with E-state index in [0.717, 1.165) is 31.1 Å². The fraction of sp³-hybridized carbons (Fsp3) is 0.909. The Morgan fingerprint density at radius 2 is 1.77 bits per heavy atom. The van der Waals surface area contributed by atoms with Crippen LogP contribution in [0.4, 0.5) is 0 Å². The Kier molecular flexibility index (Phi) is 1.39. The van der Waals surface area contributed by atoms with Gasteiger partial charge in [0.25, 0.3) is 0 Å². The summed E-state index contributed by atoms with van der Waals surface area (Å²) in [6.45, 7) is 0. The molecule has 0 spiro atoms. The first-order valence-corrected chi connectivity index (χ1v) is 5.61. The smallest absolute Gasteiger partial charge is 0.0690 e. The molecule has 0 saturated heterocycles. The van der Waals surface area contributed by atoms with Gasteiger partial charge in [0, 0.05) is 4.87 Å². The van der Waals surface area contributed by atoms with Crippen molar-refractivity contribution in [3.63, 3.8) is 0 Å². The summed E-state index contributed by atoms with van der Waals surface area (Å²) in [7, 11) is 0. The topological polar surface area (TPSA) is 23.8 Å². The van der Waals surface area contributed by atoms with E-state index in [-0.39, 0.29) is 10.3 Å². The van der Waals surface area contributed by atoms with Crippen LogP contribution in [0.2, 0.25) is 0 Å². The minimum Gasteiger partial charge on any atom is -0.198 e. The highest BCUT2D eigenvalue weighted by molar-refractivity contribution is 6.24. The van der Waals surface area contributed by atoms with Gasteiger partial charge in [-0.25, -0.2) is 0 Å². The Bertz CT molecular complexity index is 277. The molecule has 0 N–H and O–H groups in total. The van der Waals surface area contributed by atoms with Gasteiger partial charge in [-0.15, -0.1) is 11.6 Å². The van der Waals surface area contributed by atoms with E-state index in [1.165, 1.54) is 19.3 Å². The van der Waals surface area contributed by atoms with Crippen molar-refractivity contribution in [3.8, 4) is 6.07 Å². The predicted octanol–water partition coefficient (Wildman–Crippen LogP) is 3.09. The number of nitriles is 1. The van der Waals surface area contributed by atoms with Crippen LogP contribution in [-0.2, 0) is 0 Å². The SMILES string of the molecule is N#CC12C[C@@H]3C[C@@H](CC(Cl)(C3)C1)C2. The molecular weight excluding hydrogens is 182 g/mol. The number of alkyl halides is 1. The molecule has 70 valence electrons. The maximum absolute atomic E-state index is 9.24. The van der Waals surface area contributed by atoms with Crippen LogP contribution in [0.5, 0.6) is 0 Å².